The summed E-state index contributed by atoms with van der Waals surface area (Å²) < 4.78 is 48.4. The molecule has 0 radical (unpaired) electrons. The number of aryl methyl sites for hydroxylation is 6. The van der Waals surface area contributed by atoms with Gasteiger partial charge in [-0.15, -0.1) is 0 Å². The normalized spacial score (nSPS) is 11.7. The number of benzene rings is 9. The molecule has 10 aromatic rings. The Morgan fingerprint density at radius 3 is 0.615 bits per heavy atom. The van der Waals surface area contributed by atoms with E-state index in [1.54, 1.807) is 263 Å². The van der Waals surface area contributed by atoms with Crippen LogP contribution in [0.25, 0.3) is 0 Å². The molecule has 1 heterocycles. The van der Waals surface area contributed by atoms with Crippen LogP contribution in [0, 0.1) is 62.3 Å². The molecule has 18 heteroatoms. The van der Waals surface area contributed by atoms with Crippen LogP contribution in [0.2, 0.25) is 0 Å². The monoisotopic (exact) mass is 1340 g/mol. The highest BCUT2D eigenvalue weighted by atomic mass is 31.2. The van der Waals surface area contributed by atoms with Gasteiger partial charge in [0.25, 0.3) is 0 Å². The zero-order valence-corrected chi connectivity index (χ0v) is 57.6. The van der Waals surface area contributed by atoms with Crippen LogP contribution in [0.1, 0.15) is 131 Å². The molecule has 15 nitrogen and oxygen atoms in total. The van der Waals surface area contributed by atoms with Gasteiger partial charge in [-0.3, -0.25) is 28.8 Å². The second-order valence-electron chi connectivity index (χ2n) is 24.2. The van der Waals surface area contributed by atoms with Crippen molar-refractivity contribution in [1.29, 1.82) is 0 Å². The maximum absolute atomic E-state index is 15.4. The average molecular weight is 1340 g/mol. The van der Waals surface area contributed by atoms with E-state index in [9.17, 15) is 28.8 Å². The summed E-state index contributed by atoms with van der Waals surface area (Å²) in [5.41, 5.74) is -1.73. The van der Waals surface area contributed by atoms with Gasteiger partial charge in [-0.1, -0.05) is 200 Å². The summed E-state index contributed by atoms with van der Waals surface area (Å²) in [5, 5.41) is 1.74. The van der Waals surface area contributed by atoms with Gasteiger partial charge in [0.2, 0.25) is 38.0 Å². The van der Waals surface area contributed by atoms with E-state index in [2.05, 4.69) is 0 Å². The van der Waals surface area contributed by atoms with Gasteiger partial charge in [-0.2, -0.15) is 0 Å². The molecule has 486 valence electrons. The number of Topliss-reactive ketones (excluding diaryl/α,β-unsaturated/α-hetero) is 3. The second kappa shape index (κ2) is 28.2. The number of carbonyl (C=O) groups excluding carboxylic acids is 6. The van der Waals surface area contributed by atoms with Gasteiger partial charge in [0.15, 0.2) is 17.3 Å². The van der Waals surface area contributed by atoms with Crippen LogP contribution in [0.15, 0.2) is 215 Å². The first-order chi connectivity index (χ1) is 45.8. The van der Waals surface area contributed by atoms with E-state index in [-0.39, 0.29) is 50.1 Å². The van der Waals surface area contributed by atoms with Gasteiger partial charge in [0.05, 0.1) is 0 Å². The number of aromatic nitrogens is 3. The van der Waals surface area contributed by atoms with E-state index in [0.717, 1.165) is 0 Å². The summed E-state index contributed by atoms with van der Waals surface area (Å²) in [5.74, 6) is -1.81. The Morgan fingerprint density at radius 2 is 0.438 bits per heavy atom. The van der Waals surface area contributed by atoms with Crippen LogP contribution < -0.4 is 48.9 Å². The van der Waals surface area contributed by atoms with Crippen molar-refractivity contribution in [2.75, 3.05) is 0 Å². The molecule has 0 unspecified atom stereocenters. The summed E-state index contributed by atoms with van der Waals surface area (Å²) in [4.78, 5) is 135. The number of carbonyl (C=O) groups is 6. The molecule has 0 bridgehead atoms. The molecule has 0 amide bonds. The number of hydrogen-bond acceptors (Lipinski definition) is 12. The van der Waals surface area contributed by atoms with E-state index in [4.69, 9.17) is 0 Å². The molecule has 9 aromatic carbocycles. The molecule has 96 heavy (non-hydrogen) atoms. The highest BCUT2D eigenvalue weighted by Crippen LogP contribution is 2.51. The SMILES string of the molecule is Cc1cc(C)c(C(=O)P(=O)(c2ccccc2)c2ccccc2)c(C)c1C(=O)CCn1c(=O)n(CCC(=O)c2c(C)cc(C)c(C(=O)P(=O)(c3ccccc3)c3ccccc3)c2C)c(=O)n(CCC(=O)c2c(C)cc(C)c(C(=O)P(=O)(c3ccccc3)c3ccccc3)c2C)c1=O. The minimum absolute atomic E-state index is 0.0660. The highest BCUT2D eigenvalue weighted by Gasteiger charge is 2.42. The summed E-state index contributed by atoms with van der Waals surface area (Å²) in [6.45, 7) is 12.9. The Balaban J connectivity index is 1.03. The maximum Gasteiger partial charge on any atom is 0.336 e. The van der Waals surface area contributed by atoms with E-state index < -0.39 is 111 Å². The minimum Gasteiger partial charge on any atom is -0.305 e. The predicted molar refractivity (Wildman–Crippen MR) is 380 cm³/mol. The third-order valence-electron chi connectivity index (χ3n) is 18.0. The van der Waals surface area contributed by atoms with Crippen molar-refractivity contribution in [3.63, 3.8) is 0 Å². The molecular formula is C78H72N3O12P3. The molecule has 0 fully saturated rings. The Kier molecular flexibility index (Phi) is 20.3. The Hall–Kier alpha value is -9.90. The first-order valence-electron chi connectivity index (χ1n) is 31.4. The lowest BCUT2D eigenvalue weighted by Gasteiger charge is -2.22. The van der Waals surface area contributed by atoms with Gasteiger partial charge < -0.3 is 13.7 Å². The fourth-order valence-corrected chi connectivity index (χ4v) is 21.4. The molecular weight excluding hydrogens is 1260 g/mol. The van der Waals surface area contributed by atoms with Gasteiger partial charge >= 0.3 is 17.1 Å². The Bertz CT molecular complexity index is 4470. The largest absolute Gasteiger partial charge is 0.336 e. The number of rotatable bonds is 24. The first-order valence-corrected chi connectivity index (χ1v) is 36.6. The zero-order valence-electron chi connectivity index (χ0n) is 54.9. The summed E-state index contributed by atoms with van der Waals surface area (Å²) >= 11 is 0. The van der Waals surface area contributed by atoms with Gasteiger partial charge in [-0.25, -0.2) is 28.1 Å². The molecule has 10 rings (SSSR count). The number of nitrogens with zero attached hydrogens (tertiary/aromatic N) is 3. The average Bonchev–Trinajstić information content (AvgIpc) is 0.759. The van der Waals surface area contributed by atoms with Crippen LogP contribution in [0.4, 0.5) is 0 Å². The van der Waals surface area contributed by atoms with Crippen molar-refractivity contribution < 1.29 is 42.5 Å². The van der Waals surface area contributed by atoms with Gasteiger partial charge in [0, 0.05) is 104 Å². The van der Waals surface area contributed by atoms with E-state index >= 15 is 28.1 Å². The zero-order chi connectivity index (χ0) is 69.1. The van der Waals surface area contributed by atoms with Gasteiger partial charge in [-0.05, 0) is 112 Å². The van der Waals surface area contributed by atoms with Crippen molar-refractivity contribution in [2.24, 2.45) is 0 Å². The fraction of sp³-hybridized carbons (Fsp3) is 0.192. The van der Waals surface area contributed by atoms with E-state index in [1.807, 2.05) is 0 Å². The summed E-state index contributed by atoms with van der Waals surface area (Å²) in [6.07, 6.45) is -1.62. The maximum atomic E-state index is 15.4. The van der Waals surface area contributed by atoms with Gasteiger partial charge in [0.1, 0.15) is 0 Å². The molecule has 0 saturated carbocycles. The molecule has 0 atom stereocenters. The Labute approximate surface area is 556 Å². The van der Waals surface area contributed by atoms with E-state index in [0.29, 0.717) is 78.9 Å². The number of ketones is 3. The lowest BCUT2D eigenvalue weighted by atomic mass is 9.90. The summed E-state index contributed by atoms with van der Waals surface area (Å²) in [6, 6.07) is 55.1. The molecule has 0 N–H and O–H groups in total. The first kappa shape index (κ1) is 68.9. The molecule has 0 spiro atoms. The van der Waals surface area contributed by atoms with Crippen LogP contribution >= 0.6 is 21.4 Å². The number of hydrogen-bond donors (Lipinski definition) is 0. The molecule has 1 aromatic heterocycles. The molecule has 0 aliphatic rings. The minimum atomic E-state index is -4.08. The van der Waals surface area contributed by atoms with Crippen molar-refractivity contribution in [3.05, 3.63) is 315 Å². The van der Waals surface area contributed by atoms with Crippen molar-refractivity contribution in [3.8, 4) is 0 Å². The fourth-order valence-electron chi connectivity index (χ4n) is 13.6. The van der Waals surface area contributed by atoms with Crippen LogP contribution in [-0.2, 0) is 33.3 Å². The third kappa shape index (κ3) is 12.6. The predicted octanol–water partition coefficient (Wildman–Crippen LogP) is 12.2. The summed E-state index contributed by atoms with van der Waals surface area (Å²) in [7, 11) is -12.2. The van der Waals surface area contributed by atoms with Crippen molar-refractivity contribution in [2.45, 2.75) is 101 Å². The van der Waals surface area contributed by atoms with Crippen molar-refractivity contribution in [1.82, 2.24) is 13.7 Å². The topological polar surface area (TPSA) is 220 Å². The van der Waals surface area contributed by atoms with Crippen LogP contribution in [0.5, 0.6) is 0 Å². The lowest BCUT2D eigenvalue weighted by Crippen LogP contribution is -2.55. The van der Waals surface area contributed by atoms with Crippen LogP contribution in [-0.4, -0.2) is 47.6 Å². The second-order valence-corrected chi connectivity index (χ2v) is 32.2. The third-order valence-corrected chi connectivity index (χ3v) is 26.6. The highest BCUT2D eigenvalue weighted by molar-refractivity contribution is 7.94. The van der Waals surface area contributed by atoms with E-state index in [1.165, 1.54) is 0 Å². The van der Waals surface area contributed by atoms with Crippen molar-refractivity contribution >= 4 is 87.2 Å². The standard InChI is InChI=1S/C78H72N3O12P3/c1-49-46-52(4)70(73(85)94(91,58-28-16-10-17-29-58)59-30-18-11-19-31-59)55(7)67(49)64(82)40-43-79-76(88)80(44-41-65(83)68-50(2)47-53(5)71(56(68)8)74(86)95(92,60-32-20-12-21-33-60)61-34-22-13-23-35-61)78(90)81(77(79)89)45-42-66(84)69-51(3)48-54(6)72(57(69)9)75(87)96(93,62-36-24-14-25-37-62)63-38-26-15-27-39-63/h10-39,46-48H,40-45H2,1-9H3. The van der Waals surface area contributed by atoms with Crippen LogP contribution in [0.3, 0.4) is 0 Å². The Morgan fingerprint density at radius 1 is 0.271 bits per heavy atom. The lowest BCUT2D eigenvalue weighted by molar-refractivity contribution is 0.0968. The molecule has 0 aliphatic heterocycles. The molecule has 0 saturated heterocycles. The smallest absolute Gasteiger partial charge is 0.305 e. The quantitative estimate of drug-likeness (QED) is 0.0407. The molecule has 0 aliphatic carbocycles.